The van der Waals surface area contributed by atoms with Gasteiger partial charge in [0.15, 0.2) is 8.32 Å². The van der Waals surface area contributed by atoms with Crippen LogP contribution in [0.1, 0.15) is 26.5 Å². The molecule has 0 bridgehead atoms. The van der Waals surface area contributed by atoms with Crippen LogP contribution in [0.2, 0.25) is 18.1 Å². The summed E-state index contributed by atoms with van der Waals surface area (Å²) in [5, 5.41) is 0.186. The Hall–Kier alpha value is -1.14. The molecule has 0 radical (unpaired) electrons. The van der Waals surface area contributed by atoms with Gasteiger partial charge in [-0.05, 0) is 24.2 Å². The third kappa shape index (κ3) is 10.6. The molecule has 1 aliphatic heterocycles. The molecule has 1 aromatic rings. The fraction of sp³-hybridized carbons (Fsp3) is 0.833. The standard InChI is InChI=1S/C24H45N3O6Si/c1-24(2,3)34(5,6)33-20-22-7-8-25-23(26-22)27-17-21(18-27)19-32-16-15-31-14-13-30-12-11-29-10-9-28-4/h7-8,21H,9-20H2,1-6H3. The van der Waals surface area contributed by atoms with Crippen molar-refractivity contribution in [1.82, 2.24) is 9.97 Å². The van der Waals surface area contributed by atoms with Crippen molar-refractivity contribution in [2.45, 2.75) is 45.5 Å². The third-order valence-electron chi connectivity index (χ3n) is 6.23. The van der Waals surface area contributed by atoms with Crippen molar-refractivity contribution in [1.29, 1.82) is 0 Å². The normalized spacial score (nSPS) is 15.1. The number of aromatic nitrogens is 2. The fourth-order valence-corrected chi connectivity index (χ4v) is 3.92. The van der Waals surface area contributed by atoms with E-state index in [1.165, 1.54) is 0 Å². The highest BCUT2D eigenvalue weighted by atomic mass is 28.4. The summed E-state index contributed by atoms with van der Waals surface area (Å²) in [4.78, 5) is 11.3. The van der Waals surface area contributed by atoms with E-state index in [-0.39, 0.29) is 5.04 Å². The summed E-state index contributed by atoms with van der Waals surface area (Å²) >= 11 is 0. The predicted molar refractivity (Wildman–Crippen MR) is 135 cm³/mol. The lowest BCUT2D eigenvalue weighted by molar-refractivity contribution is -0.0118. The maximum atomic E-state index is 6.30. The van der Waals surface area contributed by atoms with Gasteiger partial charge < -0.3 is 33.0 Å². The van der Waals surface area contributed by atoms with Crippen molar-refractivity contribution in [3.8, 4) is 0 Å². The molecule has 196 valence electrons. The number of nitrogens with zero attached hydrogens (tertiary/aromatic N) is 3. The van der Waals surface area contributed by atoms with Crippen molar-refractivity contribution >= 4 is 14.3 Å². The summed E-state index contributed by atoms with van der Waals surface area (Å²) in [5.74, 6) is 1.28. The molecule has 0 unspecified atom stereocenters. The van der Waals surface area contributed by atoms with Crippen LogP contribution in [-0.4, -0.2) is 97.9 Å². The SMILES string of the molecule is COCCOCCOCCOCCOCC1CN(c2nccc(CO[Si](C)(C)C(C)(C)C)n2)C1. The van der Waals surface area contributed by atoms with Crippen LogP contribution >= 0.6 is 0 Å². The topological polar surface area (TPSA) is 84.4 Å². The lowest BCUT2D eigenvalue weighted by atomic mass is 10.0. The first kappa shape index (κ1) is 29.1. The minimum atomic E-state index is -1.79. The average molecular weight is 500 g/mol. The molecule has 0 aliphatic carbocycles. The summed E-state index contributed by atoms with van der Waals surface area (Å²) in [6.45, 7) is 19.0. The van der Waals surface area contributed by atoms with E-state index in [0.717, 1.165) is 31.3 Å². The molecule has 0 atom stereocenters. The zero-order chi connectivity index (χ0) is 24.9. The second kappa shape index (κ2) is 15.1. The molecule has 1 aliphatic rings. The Morgan fingerprint density at radius 2 is 1.47 bits per heavy atom. The lowest BCUT2D eigenvalue weighted by Crippen LogP contribution is -2.49. The lowest BCUT2D eigenvalue weighted by Gasteiger charge is -2.39. The van der Waals surface area contributed by atoms with Crippen LogP contribution in [-0.2, 0) is 34.7 Å². The van der Waals surface area contributed by atoms with Gasteiger partial charge in [-0.25, -0.2) is 9.97 Å². The maximum Gasteiger partial charge on any atom is 0.225 e. The largest absolute Gasteiger partial charge is 0.411 e. The first-order chi connectivity index (χ1) is 16.2. The minimum absolute atomic E-state index is 0.186. The Labute approximate surface area is 206 Å². The molecular formula is C24H45N3O6Si. The molecule has 1 aromatic heterocycles. The summed E-state index contributed by atoms with van der Waals surface area (Å²) in [6, 6.07) is 1.94. The number of ether oxygens (including phenoxy) is 5. The smallest absolute Gasteiger partial charge is 0.225 e. The molecule has 0 saturated carbocycles. The van der Waals surface area contributed by atoms with Crippen molar-refractivity contribution in [2.24, 2.45) is 5.92 Å². The Bertz CT molecular complexity index is 683. The van der Waals surface area contributed by atoms with Crippen LogP contribution in [0.4, 0.5) is 5.95 Å². The van der Waals surface area contributed by atoms with E-state index in [9.17, 15) is 0 Å². The Morgan fingerprint density at radius 1 is 0.912 bits per heavy atom. The summed E-state index contributed by atoms with van der Waals surface area (Å²) in [7, 11) is -0.137. The van der Waals surface area contributed by atoms with E-state index in [4.69, 9.17) is 33.1 Å². The zero-order valence-corrected chi connectivity index (χ0v) is 23.0. The maximum absolute atomic E-state index is 6.30. The summed E-state index contributed by atoms with van der Waals surface area (Å²) < 4.78 is 33.3. The van der Waals surface area contributed by atoms with Crippen molar-refractivity contribution in [2.75, 3.05) is 84.6 Å². The molecule has 34 heavy (non-hydrogen) atoms. The average Bonchev–Trinajstić information content (AvgIpc) is 2.76. The molecule has 1 fully saturated rings. The van der Waals surface area contributed by atoms with Crippen molar-refractivity contribution < 1.29 is 28.1 Å². The van der Waals surface area contributed by atoms with Crippen LogP contribution in [0.25, 0.3) is 0 Å². The van der Waals surface area contributed by atoms with E-state index in [1.807, 2.05) is 12.3 Å². The molecule has 10 heteroatoms. The first-order valence-electron chi connectivity index (χ1n) is 12.2. The van der Waals surface area contributed by atoms with Gasteiger partial charge in [-0.15, -0.1) is 0 Å². The van der Waals surface area contributed by atoms with E-state index < -0.39 is 8.32 Å². The van der Waals surface area contributed by atoms with Gasteiger partial charge in [-0.3, -0.25) is 0 Å². The first-order valence-corrected chi connectivity index (χ1v) is 15.1. The fourth-order valence-electron chi connectivity index (χ4n) is 2.98. The minimum Gasteiger partial charge on any atom is -0.411 e. The van der Waals surface area contributed by atoms with Crippen LogP contribution in [0.5, 0.6) is 0 Å². The molecule has 0 spiro atoms. The van der Waals surface area contributed by atoms with E-state index in [0.29, 0.717) is 65.4 Å². The second-order valence-corrected chi connectivity index (χ2v) is 14.9. The summed E-state index contributed by atoms with van der Waals surface area (Å²) in [5.41, 5.74) is 0.939. The van der Waals surface area contributed by atoms with Gasteiger partial charge in [0, 0.05) is 32.3 Å². The predicted octanol–water partition coefficient (Wildman–Crippen LogP) is 3.15. The Balaban J connectivity index is 1.49. The van der Waals surface area contributed by atoms with Gasteiger partial charge in [-0.1, -0.05) is 20.8 Å². The molecule has 1 saturated heterocycles. The van der Waals surface area contributed by atoms with Crippen LogP contribution in [0.15, 0.2) is 12.3 Å². The molecule has 9 nitrogen and oxygen atoms in total. The molecule has 0 aromatic carbocycles. The van der Waals surface area contributed by atoms with Gasteiger partial charge in [0.2, 0.25) is 5.95 Å². The van der Waals surface area contributed by atoms with Gasteiger partial charge in [0.25, 0.3) is 0 Å². The number of rotatable bonds is 18. The van der Waals surface area contributed by atoms with Gasteiger partial charge in [0.05, 0.1) is 71.8 Å². The second-order valence-electron chi connectivity index (χ2n) is 10.1. The zero-order valence-electron chi connectivity index (χ0n) is 22.0. The van der Waals surface area contributed by atoms with Crippen molar-refractivity contribution in [3.63, 3.8) is 0 Å². The third-order valence-corrected chi connectivity index (χ3v) is 10.7. The van der Waals surface area contributed by atoms with Crippen LogP contribution in [0, 0.1) is 5.92 Å². The number of anilines is 1. The van der Waals surface area contributed by atoms with Gasteiger partial charge in [-0.2, -0.15) is 0 Å². The van der Waals surface area contributed by atoms with E-state index in [1.54, 1.807) is 7.11 Å². The molecule has 0 amide bonds. The quantitative estimate of drug-likeness (QED) is 0.223. The molecule has 0 N–H and O–H groups in total. The molecule has 2 rings (SSSR count). The van der Waals surface area contributed by atoms with Crippen LogP contribution in [0.3, 0.4) is 0 Å². The van der Waals surface area contributed by atoms with E-state index in [2.05, 4.69) is 43.7 Å². The van der Waals surface area contributed by atoms with Gasteiger partial charge in [0.1, 0.15) is 0 Å². The Morgan fingerprint density at radius 3 is 2.03 bits per heavy atom. The number of methoxy groups -OCH3 is 1. The monoisotopic (exact) mass is 499 g/mol. The highest BCUT2D eigenvalue weighted by Crippen LogP contribution is 2.37. The number of hydrogen-bond donors (Lipinski definition) is 0. The van der Waals surface area contributed by atoms with Gasteiger partial charge >= 0.3 is 0 Å². The molecule has 2 heterocycles. The Kier molecular flexibility index (Phi) is 12.9. The summed E-state index contributed by atoms with van der Waals surface area (Å²) in [6.07, 6.45) is 1.83. The molecular weight excluding hydrogens is 454 g/mol. The highest BCUT2D eigenvalue weighted by molar-refractivity contribution is 6.74. The van der Waals surface area contributed by atoms with Crippen LogP contribution < -0.4 is 4.90 Å². The highest BCUT2D eigenvalue weighted by Gasteiger charge is 2.37. The van der Waals surface area contributed by atoms with E-state index >= 15 is 0 Å². The number of hydrogen-bond acceptors (Lipinski definition) is 9. The van der Waals surface area contributed by atoms with Crippen molar-refractivity contribution in [3.05, 3.63) is 18.0 Å².